The average Bonchev–Trinajstić information content (AvgIpc) is 2.65. The van der Waals surface area contributed by atoms with Crippen molar-refractivity contribution in [3.63, 3.8) is 0 Å². The molecule has 132 valence electrons. The molecule has 1 N–H and O–H groups in total. The Morgan fingerprint density at radius 3 is 2.62 bits per heavy atom. The Morgan fingerprint density at radius 2 is 1.96 bits per heavy atom. The minimum Gasteiger partial charge on any atom is -0.461 e. The summed E-state index contributed by atoms with van der Waals surface area (Å²) in [5, 5.41) is 2.95. The van der Waals surface area contributed by atoms with Crippen LogP contribution in [0.5, 0.6) is 0 Å². The maximum Gasteiger partial charge on any atom is 0.302 e. The predicted molar refractivity (Wildman–Crippen MR) is 93.6 cm³/mol. The number of benzene rings is 1. The summed E-state index contributed by atoms with van der Waals surface area (Å²) in [6.07, 6.45) is 0.536. The maximum atomic E-state index is 11.6. The average molecular weight is 332 g/mol. The Bertz CT molecular complexity index is 640. The molecule has 1 atom stereocenters. The molecule has 0 radical (unpaired) electrons. The SMILES string of the molecule is CC(=O)OCc1c(C)cc(C)c(CN2CCC(=O)NCC2C)c1C. The van der Waals surface area contributed by atoms with Crippen molar-refractivity contribution in [2.75, 3.05) is 13.1 Å². The Hall–Kier alpha value is -1.88. The van der Waals surface area contributed by atoms with Crippen LogP contribution in [0, 0.1) is 20.8 Å². The van der Waals surface area contributed by atoms with Crippen molar-refractivity contribution in [1.82, 2.24) is 10.2 Å². The van der Waals surface area contributed by atoms with Crippen molar-refractivity contribution in [3.05, 3.63) is 33.9 Å². The zero-order chi connectivity index (χ0) is 17.9. The topological polar surface area (TPSA) is 58.6 Å². The molecule has 0 spiro atoms. The van der Waals surface area contributed by atoms with Gasteiger partial charge < -0.3 is 10.1 Å². The number of esters is 1. The fourth-order valence-electron chi connectivity index (χ4n) is 3.29. The van der Waals surface area contributed by atoms with E-state index in [1.54, 1.807) is 0 Å². The second-order valence-corrected chi connectivity index (χ2v) is 6.75. The number of nitrogens with zero attached hydrogens (tertiary/aromatic N) is 1. The minimum atomic E-state index is -0.262. The lowest BCUT2D eigenvalue weighted by Gasteiger charge is -2.28. The van der Waals surface area contributed by atoms with E-state index in [-0.39, 0.29) is 11.9 Å². The van der Waals surface area contributed by atoms with Crippen LogP contribution in [0.3, 0.4) is 0 Å². The van der Waals surface area contributed by atoms with E-state index in [0.717, 1.165) is 24.2 Å². The molecular formula is C19H28N2O3. The summed E-state index contributed by atoms with van der Waals surface area (Å²) >= 11 is 0. The van der Waals surface area contributed by atoms with Gasteiger partial charge in [0.05, 0.1) is 0 Å². The van der Waals surface area contributed by atoms with Gasteiger partial charge in [-0.25, -0.2) is 0 Å². The zero-order valence-corrected chi connectivity index (χ0v) is 15.4. The molecule has 1 unspecified atom stereocenters. The molecule has 1 aliphatic rings. The van der Waals surface area contributed by atoms with E-state index in [2.05, 4.69) is 44.0 Å². The summed E-state index contributed by atoms with van der Waals surface area (Å²) in [6, 6.07) is 2.46. The number of aryl methyl sites for hydroxylation is 2. The van der Waals surface area contributed by atoms with Crippen LogP contribution >= 0.6 is 0 Å². The smallest absolute Gasteiger partial charge is 0.302 e. The number of carbonyl (C=O) groups excluding carboxylic acids is 2. The highest BCUT2D eigenvalue weighted by Gasteiger charge is 2.22. The van der Waals surface area contributed by atoms with E-state index in [9.17, 15) is 9.59 Å². The molecule has 1 aromatic carbocycles. The van der Waals surface area contributed by atoms with E-state index >= 15 is 0 Å². The lowest BCUT2D eigenvalue weighted by atomic mass is 9.93. The van der Waals surface area contributed by atoms with Crippen molar-refractivity contribution in [3.8, 4) is 0 Å². The maximum absolute atomic E-state index is 11.6. The van der Waals surface area contributed by atoms with Crippen LogP contribution in [0.1, 0.15) is 48.1 Å². The molecule has 24 heavy (non-hydrogen) atoms. The molecule has 0 aromatic heterocycles. The quantitative estimate of drug-likeness (QED) is 0.860. The van der Waals surface area contributed by atoms with Crippen molar-refractivity contribution in [2.24, 2.45) is 0 Å². The van der Waals surface area contributed by atoms with Gasteiger partial charge in [0.25, 0.3) is 0 Å². The van der Waals surface area contributed by atoms with Crippen LogP contribution in [-0.2, 0) is 27.5 Å². The first kappa shape index (κ1) is 18.5. The third-order valence-corrected chi connectivity index (χ3v) is 4.92. The molecule has 1 amide bonds. The molecule has 1 aliphatic heterocycles. The Balaban J connectivity index is 2.27. The number of rotatable bonds is 4. The Labute approximate surface area is 144 Å². The first-order chi connectivity index (χ1) is 11.3. The number of ether oxygens (including phenoxy) is 1. The molecule has 2 rings (SSSR count). The summed E-state index contributed by atoms with van der Waals surface area (Å²) in [5.41, 5.74) is 5.93. The molecule has 0 aliphatic carbocycles. The summed E-state index contributed by atoms with van der Waals surface area (Å²) in [6.45, 7) is 12.4. The van der Waals surface area contributed by atoms with Gasteiger partial charge in [-0.2, -0.15) is 0 Å². The molecule has 1 aromatic rings. The molecule has 0 saturated carbocycles. The highest BCUT2D eigenvalue weighted by Crippen LogP contribution is 2.25. The monoisotopic (exact) mass is 332 g/mol. The lowest BCUT2D eigenvalue weighted by molar-refractivity contribution is -0.142. The number of amides is 1. The van der Waals surface area contributed by atoms with E-state index in [1.807, 2.05) is 0 Å². The van der Waals surface area contributed by atoms with Crippen molar-refractivity contribution < 1.29 is 14.3 Å². The highest BCUT2D eigenvalue weighted by atomic mass is 16.5. The number of nitrogens with one attached hydrogen (secondary N) is 1. The molecule has 1 saturated heterocycles. The van der Waals surface area contributed by atoms with Crippen LogP contribution in [0.15, 0.2) is 6.07 Å². The number of hydrogen-bond acceptors (Lipinski definition) is 4. The third kappa shape index (κ3) is 4.35. The lowest BCUT2D eigenvalue weighted by Crippen LogP contribution is -2.37. The first-order valence-electron chi connectivity index (χ1n) is 8.52. The predicted octanol–water partition coefficient (Wildman–Crippen LogP) is 2.39. The zero-order valence-electron chi connectivity index (χ0n) is 15.4. The molecule has 0 bridgehead atoms. The van der Waals surface area contributed by atoms with Gasteiger partial charge in [0.1, 0.15) is 6.61 Å². The summed E-state index contributed by atoms with van der Waals surface area (Å²) in [5.74, 6) is -0.140. The summed E-state index contributed by atoms with van der Waals surface area (Å²) in [7, 11) is 0. The van der Waals surface area contributed by atoms with Crippen LogP contribution < -0.4 is 5.32 Å². The van der Waals surface area contributed by atoms with Gasteiger partial charge in [-0.1, -0.05) is 6.07 Å². The van der Waals surface area contributed by atoms with Gasteiger partial charge in [-0.3, -0.25) is 14.5 Å². The Morgan fingerprint density at radius 1 is 1.29 bits per heavy atom. The van der Waals surface area contributed by atoms with Crippen LogP contribution in [0.2, 0.25) is 0 Å². The molecule has 1 fully saturated rings. The number of carbonyl (C=O) groups is 2. The fraction of sp³-hybridized carbons (Fsp3) is 0.579. The van der Waals surface area contributed by atoms with Crippen LogP contribution in [0.25, 0.3) is 0 Å². The van der Waals surface area contributed by atoms with Crippen LogP contribution in [-0.4, -0.2) is 35.9 Å². The molecular weight excluding hydrogens is 304 g/mol. The second-order valence-electron chi connectivity index (χ2n) is 6.75. The van der Waals surface area contributed by atoms with Crippen LogP contribution in [0.4, 0.5) is 0 Å². The van der Waals surface area contributed by atoms with Crippen molar-refractivity contribution >= 4 is 11.9 Å². The fourth-order valence-corrected chi connectivity index (χ4v) is 3.29. The van der Waals surface area contributed by atoms with Crippen molar-refractivity contribution in [2.45, 2.75) is 60.2 Å². The summed E-state index contributed by atoms with van der Waals surface area (Å²) < 4.78 is 5.22. The number of hydrogen-bond donors (Lipinski definition) is 1. The van der Waals surface area contributed by atoms with E-state index in [0.29, 0.717) is 25.6 Å². The Kier molecular flexibility index (Phi) is 5.99. The standard InChI is InChI=1S/C19H28N2O3/c1-12-8-13(2)18(11-24-16(5)22)15(4)17(12)10-21-7-6-19(23)20-9-14(21)3/h8,14H,6-7,9-11H2,1-5H3,(H,20,23). The van der Waals surface area contributed by atoms with E-state index < -0.39 is 0 Å². The van der Waals surface area contributed by atoms with E-state index in [1.165, 1.54) is 23.6 Å². The van der Waals surface area contributed by atoms with Gasteiger partial charge in [-0.05, 0) is 55.5 Å². The van der Waals surface area contributed by atoms with Gasteiger partial charge in [0, 0.05) is 39.0 Å². The normalized spacial score (nSPS) is 18.9. The van der Waals surface area contributed by atoms with Gasteiger partial charge in [-0.15, -0.1) is 0 Å². The summed E-state index contributed by atoms with van der Waals surface area (Å²) in [4.78, 5) is 25.1. The van der Waals surface area contributed by atoms with E-state index in [4.69, 9.17) is 4.74 Å². The second kappa shape index (κ2) is 7.79. The third-order valence-electron chi connectivity index (χ3n) is 4.92. The minimum absolute atomic E-state index is 0.122. The van der Waals surface area contributed by atoms with Crippen molar-refractivity contribution in [1.29, 1.82) is 0 Å². The molecule has 5 nitrogen and oxygen atoms in total. The van der Waals surface area contributed by atoms with Gasteiger partial charge >= 0.3 is 5.97 Å². The highest BCUT2D eigenvalue weighted by molar-refractivity contribution is 5.76. The van der Waals surface area contributed by atoms with Gasteiger partial charge in [0.2, 0.25) is 5.91 Å². The van der Waals surface area contributed by atoms with Gasteiger partial charge in [0.15, 0.2) is 0 Å². The molecule has 5 heteroatoms. The largest absolute Gasteiger partial charge is 0.461 e. The molecule has 1 heterocycles. The first-order valence-corrected chi connectivity index (χ1v) is 8.52.